The molecule has 1 aliphatic rings. The van der Waals surface area contributed by atoms with Crippen LogP contribution in [0.1, 0.15) is 32.3 Å². The van der Waals surface area contributed by atoms with Gasteiger partial charge >= 0.3 is 0 Å². The first kappa shape index (κ1) is 12.4. The fraction of sp³-hybridized carbons (Fsp3) is 0.600. The van der Waals surface area contributed by atoms with Crippen LogP contribution in [0.25, 0.3) is 0 Å². The second-order valence-electron chi connectivity index (χ2n) is 5.52. The highest BCUT2D eigenvalue weighted by atomic mass is 15.2. The third-order valence-electron chi connectivity index (χ3n) is 3.89. The molecule has 1 saturated heterocycles. The fourth-order valence-corrected chi connectivity index (χ4v) is 2.71. The van der Waals surface area contributed by atoms with E-state index in [9.17, 15) is 0 Å². The first-order valence-electron chi connectivity index (χ1n) is 6.73. The Kier molecular flexibility index (Phi) is 4.06. The minimum Gasteiger partial charge on any atom is -0.399 e. The minimum absolute atomic E-state index is 0.743. The lowest BCUT2D eigenvalue weighted by molar-refractivity contribution is 0.126. The van der Waals surface area contributed by atoms with E-state index in [0.717, 1.165) is 30.6 Å². The summed E-state index contributed by atoms with van der Waals surface area (Å²) in [5.74, 6) is 0.854. The van der Waals surface area contributed by atoms with Crippen molar-refractivity contribution in [2.24, 2.45) is 5.92 Å². The highest BCUT2D eigenvalue weighted by Crippen LogP contribution is 2.21. The standard InChI is InChI=1S/C15H24N2/c1-12-6-7-13(2)17(11-12)9-8-14-4-3-5-15(16)10-14/h3-5,10,12-13H,6-9,11,16H2,1-2H3. The van der Waals surface area contributed by atoms with Gasteiger partial charge in [0.05, 0.1) is 0 Å². The Morgan fingerprint density at radius 2 is 2.12 bits per heavy atom. The summed E-state index contributed by atoms with van der Waals surface area (Å²) < 4.78 is 0. The predicted molar refractivity (Wildman–Crippen MR) is 74.0 cm³/mol. The summed E-state index contributed by atoms with van der Waals surface area (Å²) in [6, 6.07) is 9.02. The van der Waals surface area contributed by atoms with Crippen molar-refractivity contribution in [2.45, 2.75) is 39.2 Å². The summed E-state index contributed by atoms with van der Waals surface area (Å²) in [7, 11) is 0. The fourth-order valence-electron chi connectivity index (χ4n) is 2.71. The van der Waals surface area contributed by atoms with Gasteiger partial charge in [-0.3, -0.25) is 0 Å². The number of hydrogen-bond acceptors (Lipinski definition) is 2. The van der Waals surface area contributed by atoms with E-state index in [-0.39, 0.29) is 0 Å². The van der Waals surface area contributed by atoms with Gasteiger partial charge in [0.1, 0.15) is 0 Å². The van der Waals surface area contributed by atoms with Gasteiger partial charge < -0.3 is 10.6 Å². The normalized spacial score (nSPS) is 26.0. The van der Waals surface area contributed by atoms with Crippen molar-refractivity contribution in [2.75, 3.05) is 18.8 Å². The van der Waals surface area contributed by atoms with E-state index in [1.54, 1.807) is 0 Å². The van der Waals surface area contributed by atoms with Crippen molar-refractivity contribution >= 4 is 5.69 Å². The summed E-state index contributed by atoms with van der Waals surface area (Å²) in [5, 5.41) is 0. The smallest absolute Gasteiger partial charge is 0.0316 e. The van der Waals surface area contributed by atoms with Crippen LogP contribution in [0.15, 0.2) is 24.3 Å². The molecular formula is C15H24N2. The molecule has 1 fully saturated rings. The molecule has 0 saturated carbocycles. The van der Waals surface area contributed by atoms with Crippen LogP contribution in [-0.4, -0.2) is 24.0 Å². The van der Waals surface area contributed by atoms with Crippen LogP contribution in [-0.2, 0) is 6.42 Å². The van der Waals surface area contributed by atoms with E-state index in [1.807, 2.05) is 12.1 Å². The molecule has 2 heteroatoms. The maximum Gasteiger partial charge on any atom is 0.0316 e. The highest BCUT2D eigenvalue weighted by molar-refractivity contribution is 5.40. The molecule has 2 nitrogen and oxygen atoms in total. The van der Waals surface area contributed by atoms with E-state index >= 15 is 0 Å². The van der Waals surface area contributed by atoms with Crippen LogP contribution in [0.2, 0.25) is 0 Å². The monoisotopic (exact) mass is 232 g/mol. The Morgan fingerprint density at radius 3 is 2.88 bits per heavy atom. The Hall–Kier alpha value is -1.02. The lowest BCUT2D eigenvalue weighted by Gasteiger charge is -2.36. The molecule has 0 aliphatic carbocycles. The minimum atomic E-state index is 0.743. The van der Waals surface area contributed by atoms with Gasteiger partial charge in [-0.1, -0.05) is 19.1 Å². The molecule has 1 aromatic carbocycles. The number of piperidine rings is 1. The summed E-state index contributed by atoms with van der Waals surface area (Å²) in [6.07, 6.45) is 3.84. The first-order valence-corrected chi connectivity index (χ1v) is 6.73. The van der Waals surface area contributed by atoms with Crippen LogP contribution in [0, 0.1) is 5.92 Å². The molecule has 0 spiro atoms. The predicted octanol–water partition coefficient (Wildman–Crippen LogP) is 2.93. The van der Waals surface area contributed by atoms with E-state index in [2.05, 4.69) is 30.9 Å². The number of nitrogens with two attached hydrogens (primary N) is 1. The Labute approximate surface area is 105 Å². The number of benzene rings is 1. The molecule has 2 unspecified atom stereocenters. The lowest BCUT2D eigenvalue weighted by Crippen LogP contribution is -2.42. The second-order valence-corrected chi connectivity index (χ2v) is 5.52. The number of rotatable bonds is 3. The van der Waals surface area contributed by atoms with Gasteiger partial charge in [-0.05, 0) is 49.8 Å². The van der Waals surface area contributed by atoms with Crippen LogP contribution < -0.4 is 5.73 Å². The van der Waals surface area contributed by atoms with E-state index in [4.69, 9.17) is 5.73 Å². The number of nitrogens with zero attached hydrogens (tertiary/aromatic N) is 1. The molecule has 0 radical (unpaired) electrons. The van der Waals surface area contributed by atoms with Crippen molar-refractivity contribution in [3.8, 4) is 0 Å². The SMILES string of the molecule is CC1CCC(C)N(CCc2cccc(N)c2)C1. The van der Waals surface area contributed by atoms with Crippen molar-refractivity contribution < 1.29 is 0 Å². The number of nitrogen functional groups attached to an aromatic ring is 1. The molecule has 1 heterocycles. The molecule has 0 amide bonds. The number of anilines is 1. The molecule has 94 valence electrons. The maximum atomic E-state index is 5.80. The average molecular weight is 232 g/mol. The van der Waals surface area contributed by atoms with Crippen molar-refractivity contribution in [3.63, 3.8) is 0 Å². The molecule has 2 rings (SSSR count). The molecular weight excluding hydrogens is 208 g/mol. The summed E-state index contributed by atoms with van der Waals surface area (Å²) in [6.45, 7) is 7.13. The van der Waals surface area contributed by atoms with Crippen LogP contribution >= 0.6 is 0 Å². The first-order chi connectivity index (χ1) is 8.15. The van der Waals surface area contributed by atoms with Crippen LogP contribution in [0.3, 0.4) is 0 Å². The summed E-state index contributed by atoms with van der Waals surface area (Å²) >= 11 is 0. The van der Waals surface area contributed by atoms with Crippen molar-refractivity contribution in [3.05, 3.63) is 29.8 Å². The summed E-state index contributed by atoms with van der Waals surface area (Å²) in [5.41, 5.74) is 8.04. The third-order valence-corrected chi connectivity index (χ3v) is 3.89. The highest BCUT2D eigenvalue weighted by Gasteiger charge is 2.22. The zero-order valence-corrected chi connectivity index (χ0v) is 11.0. The maximum absolute atomic E-state index is 5.80. The Bertz CT molecular complexity index is 362. The molecule has 17 heavy (non-hydrogen) atoms. The van der Waals surface area contributed by atoms with E-state index in [0.29, 0.717) is 0 Å². The topological polar surface area (TPSA) is 29.3 Å². The van der Waals surface area contributed by atoms with Gasteiger partial charge in [-0.2, -0.15) is 0 Å². The molecule has 0 aromatic heterocycles. The van der Waals surface area contributed by atoms with Gasteiger partial charge in [0, 0.05) is 24.8 Å². The Morgan fingerprint density at radius 1 is 1.29 bits per heavy atom. The summed E-state index contributed by atoms with van der Waals surface area (Å²) in [4.78, 5) is 2.62. The Balaban J connectivity index is 1.88. The van der Waals surface area contributed by atoms with E-state index < -0.39 is 0 Å². The number of likely N-dealkylation sites (tertiary alicyclic amines) is 1. The zero-order valence-electron chi connectivity index (χ0n) is 11.0. The zero-order chi connectivity index (χ0) is 12.3. The van der Waals surface area contributed by atoms with Gasteiger partial charge in [-0.25, -0.2) is 0 Å². The third kappa shape index (κ3) is 3.47. The van der Waals surface area contributed by atoms with Crippen LogP contribution in [0.4, 0.5) is 5.69 Å². The molecule has 0 bridgehead atoms. The molecule has 2 atom stereocenters. The van der Waals surface area contributed by atoms with Gasteiger partial charge in [-0.15, -0.1) is 0 Å². The number of hydrogen-bond donors (Lipinski definition) is 1. The lowest BCUT2D eigenvalue weighted by atomic mass is 9.94. The van der Waals surface area contributed by atoms with Crippen molar-refractivity contribution in [1.82, 2.24) is 4.90 Å². The van der Waals surface area contributed by atoms with Gasteiger partial charge in [0.2, 0.25) is 0 Å². The molecule has 1 aromatic rings. The van der Waals surface area contributed by atoms with Crippen molar-refractivity contribution in [1.29, 1.82) is 0 Å². The second kappa shape index (κ2) is 5.54. The van der Waals surface area contributed by atoms with Gasteiger partial charge in [0.25, 0.3) is 0 Å². The quantitative estimate of drug-likeness (QED) is 0.812. The molecule has 2 N–H and O–H groups in total. The van der Waals surface area contributed by atoms with Crippen LogP contribution in [0.5, 0.6) is 0 Å². The largest absolute Gasteiger partial charge is 0.399 e. The average Bonchev–Trinajstić information content (AvgIpc) is 2.30. The van der Waals surface area contributed by atoms with Gasteiger partial charge in [0.15, 0.2) is 0 Å². The molecule has 1 aliphatic heterocycles. The van der Waals surface area contributed by atoms with E-state index in [1.165, 1.54) is 24.9 Å².